The summed E-state index contributed by atoms with van der Waals surface area (Å²) in [5.74, 6) is 0.187. The number of hydrogen-bond acceptors (Lipinski definition) is 4. The molecule has 0 radical (unpaired) electrons. The summed E-state index contributed by atoms with van der Waals surface area (Å²) in [6.07, 6.45) is 0. The van der Waals surface area contributed by atoms with Crippen molar-refractivity contribution in [2.24, 2.45) is 0 Å². The third-order valence-corrected chi connectivity index (χ3v) is 5.94. The van der Waals surface area contributed by atoms with Crippen molar-refractivity contribution >= 4 is 46.2 Å². The number of piperazine rings is 1. The summed E-state index contributed by atoms with van der Waals surface area (Å²) in [6.45, 7) is 11.5. The zero-order chi connectivity index (χ0) is 21.7. The molecule has 0 atom stereocenters. The molecule has 0 aromatic heterocycles. The summed E-state index contributed by atoms with van der Waals surface area (Å²) in [6, 6.07) is 13.3. The molecule has 3 rings (SSSR count). The van der Waals surface area contributed by atoms with Crippen LogP contribution in [0.2, 0.25) is 5.02 Å². The van der Waals surface area contributed by atoms with E-state index in [0.717, 1.165) is 44.1 Å². The van der Waals surface area contributed by atoms with Gasteiger partial charge in [-0.15, -0.1) is 0 Å². The first-order chi connectivity index (χ1) is 14.4. The molecule has 1 aliphatic heterocycles. The van der Waals surface area contributed by atoms with Crippen LogP contribution in [0.4, 0.5) is 11.4 Å². The van der Waals surface area contributed by atoms with Crippen molar-refractivity contribution in [3.05, 3.63) is 58.6 Å². The van der Waals surface area contributed by atoms with Gasteiger partial charge in [0.15, 0.2) is 5.11 Å². The Morgan fingerprint density at radius 2 is 1.77 bits per heavy atom. The number of hydrogen-bond donors (Lipinski definition) is 2. The Labute approximate surface area is 189 Å². The topological polar surface area (TPSA) is 47.6 Å². The zero-order valence-corrected chi connectivity index (χ0v) is 19.3. The third kappa shape index (κ3) is 5.72. The van der Waals surface area contributed by atoms with Crippen molar-refractivity contribution in [1.29, 1.82) is 0 Å². The second kappa shape index (κ2) is 10.2. The molecule has 1 heterocycles. The lowest BCUT2D eigenvalue weighted by molar-refractivity contribution is 0.0977. The van der Waals surface area contributed by atoms with Crippen LogP contribution in [0.5, 0.6) is 0 Å². The number of nitrogens with zero attached hydrogens (tertiary/aromatic N) is 2. The molecule has 0 spiro atoms. The Morgan fingerprint density at radius 1 is 1.10 bits per heavy atom. The van der Waals surface area contributed by atoms with E-state index in [1.54, 1.807) is 0 Å². The van der Waals surface area contributed by atoms with Gasteiger partial charge in [-0.3, -0.25) is 10.1 Å². The smallest absolute Gasteiger partial charge is 0.257 e. The Kier molecular flexibility index (Phi) is 7.69. The first-order valence-corrected chi connectivity index (χ1v) is 11.1. The molecule has 0 unspecified atom stereocenters. The van der Waals surface area contributed by atoms with Crippen LogP contribution in [-0.2, 0) is 0 Å². The lowest BCUT2D eigenvalue weighted by Gasteiger charge is -2.36. The van der Waals surface area contributed by atoms with Crippen LogP contribution in [0.3, 0.4) is 0 Å². The number of carbonyl (C=O) groups excluding carboxylic acids is 1. The molecule has 7 heteroatoms. The van der Waals surface area contributed by atoms with E-state index in [1.165, 1.54) is 5.56 Å². The molecule has 160 valence electrons. The van der Waals surface area contributed by atoms with Crippen LogP contribution in [0.1, 0.15) is 42.6 Å². The SMILES string of the molecule is CCN1CCN(c2ccc(NC(=S)NC(=O)c3ccc(C(C)C)cc3)cc2Cl)CC1. The number of anilines is 2. The Hall–Kier alpha value is -2.15. The summed E-state index contributed by atoms with van der Waals surface area (Å²) in [5, 5.41) is 6.69. The van der Waals surface area contributed by atoms with Crippen LogP contribution in [-0.4, -0.2) is 48.6 Å². The summed E-state index contributed by atoms with van der Waals surface area (Å²) < 4.78 is 0. The van der Waals surface area contributed by atoms with E-state index in [2.05, 4.69) is 41.2 Å². The average molecular weight is 445 g/mol. The lowest BCUT2D eigenvalue weighted by atomic mass is 10.0. The van der Waals surface area contributed by atoms with Gasteiger partial charge >= 0.3 is 0 Å². The van der Waals surface area contributed by atoms with Crippen molar-refractivity contribution in [3.63, 3.8) is 0 Å². The number of halogens is 1. The van der Waals surface area contributed by atoms with E-state index in [0.29, 0.717) is 16.5 Å². The van der Waals surface area contributed by atoms with Gasteiger partial charge in [0.25, 0.3) is 5.91 Å². The molecule has 1 amide bonds. The molecule has 2 N–H and O–H groups in total. The van der Waals surface area contributed by atoms with E-state index in [-0.39, 0.29) is 11.0 Å². The molecule has 2 aromatic carbocycles. The van der Waals surface area contributed by atoms with E-state index in [4.69, 9.17) is 23.8 Å². The molecule has 1 aliphatic rings. The van der Waals surface area contributed by atoms with Gasteiger partial charge in [-0.05, 0) is 60.6 Å². The van der Waals surface area contributed by atoms with Crippen LogP contribution >= 0.6 is 23.8 Å². The Bertz CT molecular complexity index is 893. The average Bonchev–Trinajstić information content (AvgIpc) is 2.74. The van der Waals surface area contributed by atoms with Gasteiger partial charge in [0.2, 0.25) is 0 Å². The van der Waals surface area contributed by atoms with Crippen molar-refractivity contribution in [1.82, 2.24) is 10.2 Å². The minimum atomic E-state index is -0.237. The third-order valence-electron chi connectivity index (χ3n) is 5.43. The maximum Gasteiger partial charge on any atom is 0.257 e. The van der Waals surface area contributed by atoms with Gasteiger partial charge in [-0.2, -0.15) is 0 Å². The largest absolute Gasteiger partial charge is 0.368 e. The van der Waals surface area contributed by atoms with Crippen molar-refractivity contribution < 1.29 is 4.79 Å². The minimum absolute atomic E-state index is 0.237. The highest BCUT2D eigenvalue weighted by Crippen LogP contribution is 2.29. The van der Waals surface area contributed by atoms with Crippen LogP contribution in [0.25, 0.3) is 0 Å². The highest BCUT2D eigenvalue weighted by Gasteiger charge is 2.18. The van der Waals surface area contributed by atoms with E-state index in [9.17, 15) is 4.79 Å². The quantitative estimate of drug-likeness (QED) is 0.652. The molecule has 5 nitrogen and oxygen atoms in total. The molecule has 1 fully saturated rings. The Balaban J connectivity index is 1.57. The van der Waals surface area contributed by atoms with E-state index >= 15 is 0 Å². The van der Waals surface area contributed by atoms with Gasteiger partial charge in [0.1, 0.15) is 0 Å². The standard InChI is InChI=1S/C23H29ClN4OS/c1-4-27-11-13-28(14-12-27)21-10-9-19(15-20(21)24)25-23(30)26-22(29)18-7-5-17(6-8-18)16(2)3/h5-10,15-16H,4,11-14H2,1-3H3,(H2,25,26,29,30). The lowest BCUT2D eigenvalue weighted by Crippen LogP contribution is -2.46. The fourth-order valence-corrected chi connectivity index (χ4v) is 4.01. The van der Waals surface area contributed by atoms with Crippen molar-refractivity contribution in [2.45, 2.75) is 26.7 Å². The van der Waals surface area contributed by atoms with Gasteiger partial charge < -0.3 is 15.1 Å². The fraction of sp³-hybridized carbons (Fsp3) is 0.391. The number of amides is 1. The first kappa shape index (κ1) is 22.5. The maximum absolute atomic E-state index is 12.4. The van der Waals surface area contributed by atoms with Gasteiger partial charge in [0.05, 0.1) is 10.7 Å². The predicted octanol–water partition coefficient (Wildman–Crippen LogP) is 4.73. The van der Waals surface area contributed by atoms with Crippen molar-refractivity contribution in [2.75, 3.05) is 42.9 Å². The Morgan fingerprint density at radius 3 is 2.33 bits per heavy atom. The number of benzene rings is 2. The van der Waals surface area contributed by atoms with Crippen LogP contribution in [0, 0.1) is 0 Å². The zero-order valence-electron chi connectivity index (χ0n) is 17.7. The fourth-order valence-electron chi connectivity index (χ4n) is 3.50. The van der Waals surface area contributed by atoms with Gasteiger partial charge in [0, 0.05) is 37.4 Å². The summed E-state index contributed by atoms with van der Waals surface area (Å²) in [7, 11) is 0. The molecule has 30 heavy (non-hydrogen) atoms. The monoisotopic (exact) mass is 444 g/mol. The highest BCUT2D eigenvalue weighted by molar-refractivity contribution is 7.80. The van der Waals surface area contributed by atoms with Crippen molar-refractivity contribution in [3.8, 4) is 0 Å². The summed E-state index contributed by atoms with van der Waals surface area (Å²) in [5.41, 5.74) is 3.54. The molecule has 2 aromatic rings. The minimum Gasteiger partial charge on any atom is -0.368 e. The number of rotatable bonds is 5. The molecule has 1 saturated heterocycles. The molecular formula is C23H29ClN4OS. The molecule has 0 aliphatic carbocycles. The first-order valence-electron chi connectivity index (χ1n) is 10.4. The van der Waals surface area contributed by atoms with Gasteiger partial charge in [-0.25, -0.2) is 0 Å². The second-order valence-electron chi connectivity index (χ2n) is 7.77. The summed E-state index contributed by atoms with van der Waals surface area (Å²) >= 11 is 11.8. The number of thiocarbonyl (C=S) groups is 1. The highest BCUT2D eigenvalue weighted by atomic mass is 35.5. The number of nitrogens with one attached hydrogen (secondary N) is 2. The predicted molar refractivity (Wildman–Crippen MR) is 130 cm³/mol. The number of carbonyl (C=O) groups is 1. The normalized spacial score (nSPS) is 14.6. The number of likely N-dealkylation sites (N-methyl/N-ethyl adjacent to an activating group) is 1. The van der Waals surface area contributed by atoms with Crippen LogP contribution < -0.4 is 15.5 Å². The molecule has 0 saturated carbocycles. The van der Waals surface area contributed by atoms with E-state index in [1.807, 2.05) is 42.5 Å². The maximum atomic E-state index is 12.4. The van der Waals surface area contributed by atoms with E-state index < -0.39 is 0 Å². The van der Waals surface area contributed by atoms with Crippen LogP contribution in [0.15, 0.2) is 42.5 Å². The second-order valence-corrected chi connectivity index (χ2v) is 8.59. The molecular weight excluding hydrogens is 416 g/mol. The molecule has 0 bridgehead atoms. The summed E-state index contributed by atoms with van der Waals surface area (Å²) in [4.78, 5) is 17.2. The van der Waals surface area contributed by atoms with Gasteiger partial charge in [-0.1, -0.05) is 44.5 Å².